The van der Waals surface area contributed by atoms with Crippen molar-refractivity contribution in [2.75, 3.05) is 11.9 Å². The Labute approximate surface area is 183 Å². The summed E-state index contributed by atoms with van der Waals surface area (Å²) >= 11 is 0. The Balaban J connectivity index is 1.71. The average molecular weight is 416 g/mol. The third-order valence-corrected chi connectivity index (χ3v) is 5.19. The molecular weight excluding hydrogens is 386 g/mol. The largest absolute Gasteiger partial charge is 0.384 e. The van der Waals surface area contributed by atoms with E-state index in [9.17, 15) is 4.79 Å². The van der Waals surface area contributed by atoms with Crippen LogP contribution in [0.2, 0.25) is 0 Å². The van der Waals surface area contributed by atoms with Crippen molar-refractivity contribution in [2.45, 2.75) is 32.6 Å². The Morgan fingerprint density at radius 2 is 1.39 bits per heavy atom. The van der Waals surface area contributed by atoms with Crippen molar-refractivity contribution in [3.63, 3.8) is 0 Å². The van der Waals surface area contributed by atoms with Gasteiger partial charge in [0, 0.05) is 5.69 Å². The summed E-state index contributed by atoms with van der Waals surface area (Å²) in [5.41, 5.74) is 11.4. The SMILES string of the molecule is CCc1cccc(CC)c1NC(=O)CO/N=C(/N)C(c1ccccc1)c1ccccc1. The summed E-state index contributed by atoms with van der Waals surface area (Å²) in [5.74, 6) is -0.213. The van der Waals surface area contributed by atoms with Crippen LogP contribution >= 0.6 is 0 Å². The predicted molar refractivity (Wildman–Crippen MR) is 126 cm³/mol. The Bertz CT molecular complexity index is 956. The number of carbonyl (C=O) groups excluding carboxylic acids is 1. The molecule has 3 aromatic rings. The smallest absolute Gasteiger partial charge is 0.265 e. The standard InChI is InChI=1S/C26H29N3O2/c1-3-19-16-11-17-20(4-2)25(19)28-23(30)18-31-29-26(27)24(21-12-7-5-8-13-21)22-14-9-6-10-15-22/h5-17,24H,3-4,18H2,1-2H3,(H2,27,29)(H,28,30). The van der Waals surface area contributed by atoms with E-state index in [1.807, 2.05) is 78.9 Å². The fraction of sp³-hybridized carbons (Fsp3) is 0.231. The number of nitrogens with zero attached hydrogens (tertiary/aromatic N) is 1. The van der Waals surface area contributed by atoms with Crippen LogP contribution in [-0.4, -0.2) is 18.3 Å². The first kappa shape index (κ1) is 22.1. The van der Waals surface area contributed by atoms with Crippen LogP contribution in [0, 0.1) is 0 Å². The van der Waals surface area contributed by atoms with E-state index < -0.39 is 0 Å². The number of hydrogen-bond acceptors (Lipinski definition) is 3. The Morgan fingerprint density at radius 3 is 1.87 bits per heavy atom. The van der Waals surface area contributed by atoms with Crippen LogP contribution < -0.4 is 11.1 Å². The van der Waals surface area contributed by atoms with Gasteiger partial charge in [0.15, 0.2) is 12.4 Å². The van der Waals surface area contributed by atoms with Crippen molar-refractivity contribution >= 4 is 17.4 Å². The number of aryl methyl sites for hydroxylation is 2. The lowest BCUT2D eigenvalue weighted by atomic mass is 9.90. The maximum absolute atomic E-state index is 12.5. The monoisotopic (exact) mass is 415 g/mol. The van der Waals surface area contributed by atoms with Crippen LogP contribution in [0.15, 0.2) is 84.0 Å². The lowest BCUT2D eigenvalue weighted by Gasteiger charge is -2.17. The number of oxime groups is 1. The highest BCUT2D eigenvalue weighted by Gasteiger charge is 2.19. The zero-order valence-corrected chi connectivity index (χ0v) is 18.0. The molecule has 3 N–H and O–H groups in total. The summed E-state index contributed by atoms with van der Waals surface area (Å²) in [6.07, 6.45) is 1.68. The molecule has 0 atom stereocenters. The van der Waals surface area contributed by atoms with Gasteiger partial charge >= 0.3 is 0 Å². The summed E-state index contributed by atoms with van der Waals surface area (Å²) in [4.78, 5) is 17.8. The first-order valence-corrected chi connectivity index (χ1v) is 10.6. The Morgan fingerprint density at radius 1 is 0.871 bits per heavy atom. The maximum atomic E-state index is 12.5. The summed E-state index contributed by atoms with van der Waals surface area (Å²) < 4.78 is 0. The quantitative estimate of drug-likeness (QED) is 0.297. The molecule has 3 aromatic carbocycles. The van der Waals surface area contributed by atoms with Crippen LogP contribution in [0.4, 0.5) is 5.69 Å². The molecule has 0 radical (unpaired) electrons. The topological polar surface area (TPSA) is 76.7 Å². The number of benzene rings is 3. The van der Waals surface area contributed by atoms with Gasteiger partial charge in [-0.05, 0) is 35.1 Å². The first-order chi connectivity index (χ1) is 15.1. The van der Waals surface area contributed by atoms with E-state index in [2.05, 4.69) is 24.3 Å². The molecule has 0 aromatic heterocycles. The van der Waals surface area contributed by atoms with Gasteiger partial charge in [0.2, 0.25) is 0 Å². The van der Waals surface area contributed by atoms with Crippen molar-refractivity contribution in [1.82, 2.24) is 0 Å². The molecule has 0 unspecified atom stereocenters. The zero-order valence-electron chi connectivity index (χ0n) is 18.0. The minimum absolute atomic E-state index is 0.210. The molecule has 0 heterocycles. The summed E-state index contributed by atoms with van der Waals surface area (Å²) in [7, 11) is 0. The number of hydrogen-bond donors (Lipinski definition) is 2. The number of carbonyl (C=O) groups is 1. The van der Waals surface area contributed by atoms with Gasteiger partial charge in [-0.3, -0.25) is 4.79 Å². The van der Waals surface area contributed by atoms with Crippen LogP contribution in [0.3, 0.4) is 0 Å². The average Bonchev–Trinajstić information content (AvgIpc) is 2.81. The number of para-hydroxylation sites is 1. The lowest BCUT2D eigenvalue weighted by molar-refractivity contribution is -0.120. The molecule has 1 amide bonds. The van der Waals surface area contributed by atoms with Gasteiger partial charge in [-0.25, -0.2) is 0 Å². The van der Waals surface area contributed by atoms with E-state index in [-0.39, 0.29) is 18.4 Å². The molecule has 160 valence electrons. The van der Waals surface area contributed by atoms with Crippen LogP contribution in [0.5, 0.6) is 0 Å². The molecule has 0 fully saturated rings. The molecule has 31 heavy (non-hydrogen) atoms. The van der Waals surface area contributed by atoms with Crippen LogP contribution in [0.25, 0.3) is 0 Å². The minimum atomic E-state index is -0.261. The number of rotatable bonds is 9. The molecule has 0 bridgehead atoms. The summed E-state index contributed by atoms with van der Waals surface area (Å²) in [5, 5.41) is 7.05. The molecule has 3 rings (SSSR count). The number of amidine groups is 1. The molecule has 0 aliphatic rings. The molecule has 0 saturated carbocycles. The summed E-state index contributed by atoms with van der Waals surface area (Å²) in [6.45, 7) is 3.93. The van der Waals surface area contributed by atoms with E-state index in [0.29, 0.717) is 5.84 Å². The lowest BCUT2D eigenvalue weighted by Crippen LogP contribution is -2.25. The Hall–Kier alpha value is -3.60. The molecule has 0 aliphatic heterocycles. The van der Waals surface area contributed by atoms with Crippen LogP contribution in [0.1, 0.15) is 42.0 Å². The minimum Gasteiger partial charge on any atom is -0.384 e. The normalized spacial score (nSPS) is 11.4. The van der Waals surface area contributed by atoms with E-state index in [1.54, 1.807) is 0 Å². The van der Waals surface area contributed by atoms with E-state index in [4.69, 9.17) is 10.6 Å². The first-order valence-electron chi connectivity index (χ1n) is 10.6. The van der Waals surface area contributed by atoms with Crippen molar-refractivity contribution in [3.8, 4) is 0 Å². The van der Waals surface area contributed by atoms with E-state index in [0.717, 1.165) is 40.8 Å². The molecule has 5 heteroatoms. The van der Waals surface area contributed by atoms with Gasteiger partial charge < -0.3 is 15.9 Å². The second-order valence-corrected chi connectivity index (χ2v) is 7.25. The maximum Gasteiger partial charge on any atom is 0.265 e. The zero-order chi connectivity index (χ0) is 22.1. The predicted octanol–water partition coefficient (Wildman–Crippen LogP) is 4.87. The van der Waals surface area contributed by atoms with E-state index >= 15 is 0 Å². The molecular formula is C26H29N3O2. The molecule has 5 nitrogen and oxygen atoms in total. The van der Waals surface area contributed by atoms with Crippen molar-refractivity contribution in [1.29, 1.82) is 0 Å². The van der Waals surface area contributed by atoms with Gasteiger partial charge in [-0.1, -0.05) is 97.9 Å². The van der Waals surface area contributed by atoms with Gasteiger partial charge in [0.05, 0.1) is 5.92 Å². The van der Waals surface area contributed by atoms with Gasteiger partial charge in [-0.2, -0.15) is 0 Å². The van der Waals surface area contributed by atoms with Crippen molar-refractivity contribution in [3.05, 3.63) is 101 Å². The van der Waals surface area contributed by atoms with Gasteiger partial charge in [0.1, 0.15) is 0 Å². The highest BCUT2D eigenvalue weighted by atomic mass is 16.6. The molecule has 0 spiro atoms. The number of nitrogens with one attached hydrogen (secondary N) is 1. The van der Waals surface area contributed by atoms with Crippen LogP contribution in [-0.2, 0) is 22.5 Å². The third-order valence-electron chi connectivity index (χ3n) is 5.19. The van der Waals surface area contributed by atoms with Gasteiger partial charge in [0.25, 0.3) is 5.91 Å². The van der Waals surface area contributed by atoms with E-state index in [1.165, 1.54) is 0 Å². The Kier molecular flexibility index (Phi) is 7.82. The second-order valence-electron chi connectivity index (χ2n) is 7.25. The molecule has 0 saturated heterocycles. The highest BCUT2D eigenvalue weighted by Crippen LogP contribution is 2.25. The molecule has 0 aliphatic carbocycles. The van der Waals surface area contributed by atoms with Crippen molar-refractivity contribution in [2.24, 2.45) is 10.9 Å². The third kappa shape index (κ3) is 5.72. The van der Waals surface area contributed by atoms with Crippen molar-refractivity contribution < 1.29 is 9.63 Å². The summed E-state index contributed by atoms with van der Waals surface area (Å²) in [6, 6.07) is 25.8. The number of anilines is 1. The highest BCUT2D eigenvalue weighted by molar-refractivity contribution is 5.94. The number of amides is 1. The number of nitrogens with two attached hydrogens (primary N) is 1. The van der Waals surface area contributed by atoms with Gasteiger partial charge in [-0.15, -0.1) is 0 Å². The fourth-order valence-corrected chi connectivity index (χ4v) is 3.62. The second kappa shape index (κ2) is 11.0. The fourth-order valence-electron chi connectivity index (χ4n) is 3.62.